The Morgan fingerprint density at radius 1 is 1.05 bits per heavy atom. The number of halogens is 4. The summed E-state index contributed by atoms with van der Waals surface area (Å²) in [5.74, 6) is 0. The summed E-state index contributed by atoms with van der Waals surface area (Å²) in [5.41, 5.74) is 1.16. The molecule has 0 bridgehead atoms. The maximum atomic E-state index is 12.5. The fourth-order valence-electron chi connectivity index (χ4n) is 2.07. The minimum Gasteiger partial charge on any atom is -0.166 e. The molecule has 2 aromatic rings. The standard InChI is InChI=1S/C16H14ClF3S/c1-21-15-5-3-2-4-13(15)14(17)10-11-6-8-12(9-7-11)16(18,19)20/h2-9,14H,10H2,1H3. The first kappa shape index (κ1) is 16.2. The van der Waals surface area contributed by atoms with Crippen molar-refractivity contribution in [2.45, 2.75) is 22.9 Å². The van der Waals surface area contributed by atoms with Gasteiger partial charge in [0.25, 0.3) is 0 Å². The van der Waals surface area contributed by atoms with Crippen LogP contribution in [0.4, 0.5) is 13.2 Å². The first-order valence-corrected chi connectivity index (χ1v) is 8.01. The predicted molar refractivity (Wildman–Crippen MR) is 82.0 cm³/mol. The Morgan fingerprint density at radius 2 is 1.67 bits per heavy atom. The Hall–Kier alpha value is -1.13. The normalized spacial score (nSPS) is 13.2. The van der Waals surface area contributed by atoms with Crippen molar-refractivity contribution in [1.82, 2.24) is 0 Å². The molecule has 21 heavy (non-hydrogen) atoms. The molecule has 0 saturated heterocycles. The first-order valence-electron chi connectivity index (χ1n) is 6.35. The van der Waals surface area contributed by atoms with Gasteiger partial charge in [0.05, 0.1) is 10.9 Å². The van der Waals surface area contributed by atoms with Crippen molar-refractivity contribution in [3.8, 4) is 0 Å². The van der Waals surface area contributed by atoms with Gasteiger partial charge < -0.3 is 0 Å². The van der Waals surface area contributed by atoms with Gasteiger partial charge in [-0.1, -0.05) is 30.3 Å². The Labute approximate surface area is 131 Å². The molecule has 2 rings (SSSR count). The maximum absolute atomic E-state index is 12.5. The highest BCUT2D eigenvalue weighted by molar-refractivity contribution is 7.98. The summed E-state index contributed by atoms with van der Waals surface area (Å²) in [6.45, 7) is 0. The molecule has 0 heterocycles. The van der Waals surface area contributed by atoms with E-state index >= 15 is 0 Å². The van der Waals surface area contributed by atoms with Crippen LogP contribution >= 0.6 is 23.4 Å². The summed E-state index contributed by atoms with van der Waals surface area (Å²) in [6.07, 6.45) is -1.83. The van der Waals surface area contributed by atoms with Crippen LogP contribution in [-0.4, -0.2) is 6.26 Å². The molecule has 0 radical (unpaired) electrons. The minimum absolute atomic E-state index is 0.259. The highest BCUT2D eigenvalue weighted by atomic mass is 35.5. The minimum atomic E-state index is -4.30. The lowest BCUT2D eigenvalue weighted by atomic mass is 10.0. The van der Waals surface area contributed by atoms with Gasteiger partial charge >= 0.3 is 6.18 Å². The van der Waals surface area contributed by atoms with Gasteiger partial charge in [-0.05, 0) is 42.0 Å². The molecule has 0 aliphatic carbocycles. The van der Waals surface area contributed by atoms with E-state index in [2.05, 4.69) is 0 Å². The number of hydrogen-bond donors (Lipinski definition) is 0. The van der Waals surface area contributed by atoms with E-state index in [9.17, 15) is 13.2 Å². The monoisotopic (exact) mass is 330 g/mol. The fourth-order valence-corrected chi connectivity index (χ4v) is 3.17. The maximum Gasteiger partial charge on any atom is 0.416 e. The third-order valence-corrected chi connectivity index (χ3v) is 4.37. The molecule has 0 nitrogen and oxygen atoms in total. The van der Waals surface area contributed by atoms with Crippen LogP contribution in [0.2, 0.25) is 0 Å². The van der Waals surface area contributed by atoms with Crippen molar-refractivity contribution in [3.63, 3.8) is 0 Å². The number of thioether (sulfide) groups is 1. The Morgan fingerprint density at radius 3 is 2.24 bits per heavy atom. The second-order valence-corrected chi connectivity index (χ2v) is 5.98. The van der Waals surface area contributed by atoms with Crippen LogP contribution in [0.5, 0.6) is 0 Å². The van der Waals surface area contributed by atoms with Crippen molar-refractivity contribution in [2.24, 2.45) is 0 Å². The topological polar surface area (TPSA) is 0 Å². The number of rotatable bonds is 4. The molecule has 0 amide bonds. The Balaban J connectivity index is 2.14. The molecule has 1 unspecified atom stereocenters. The molecular formula is C16H14ClF3S. The Kier molecular flexibility index (Phi) is 5.22. The van der Waals surface area contributed by atoms with Crippen molar-refractivity contribution in [1.29, 1.82) is 0 Å². The van der Waals surface area contributed by atoms with Gasteiger partial charge in [0, 0.05) is 4.90 Å². The average Bonchev–Trinajstić information content (AvgIpc) is 2.46. The highest BCUT2D eigenvalue weighted by Crippen LogP contribution is 2.33. The zero-order chi connectivity index (χ0) is 15.5. The summed E-state index contributed by atoms with van der Waals surface area (Å²) in [4.78, 5) is 1.09. The second kappa shape index (κ2) is 6.75. The van der Waals surface area contributed by atoms with Crippen LogP contribution in [0.3, 0.4) is 0 Å². The van der Waals surface area contributed by atoms with Gasteiger partial charge in [-0.2, -0.15) is 13.2 Å². The number of hydrogen-bond acceptors (Lipinski definition) is 1. The zero-order valence-electron chi connectivity index (χ0n) is 11.3. The van der Waals surface area contributed by atoms with Crippen LogP contribution in [0, 0.1) is 0 Å². The molecule has 1 atom stereocenters. The molecule has 5 heteroatoms. The van der Waals surface area contributed by atoms with Crippen molar-refractivity contribution < 1.29 is 13.2 Å². The van der Waals surface area contributed by atoms with Crippen molar-refractivity contribution in [2.75, 3.05) is 6.26 Å². The SMILES string of the molecule is CSc1ccccc1C(Cl)Cc1ccc(C(F)(F)F)cc1. The molecule has 0 spiro atoms. The van der Waals surface area contributed by atoms with Crippen LogP contribution in [0.15, 0.2) is 53.4 Å². The van der Waals surface area contributed by atoms with E-state index in [-0.39, 0.29) is 5.38 Å². The van der Waals surface area contributed by atoms with Gasteiger partial charge in [0.15, 0.2) is 0 Å². The lowest BCUT2D eigenvalue weighted by Gasteiger charge is -2.14. The van der Waals surface area contributed by atoms with Gasteiger partial charge in [-0.25, -0.2) is 0 Å². The van der Waals surface area contributed by atoms with Crippen LogP contribution in [0.25, 0.3) is 0 Å². The molecule has 112 valence electrons. The summed E-state index contributed by atoms with van der Waals surface area (Å²) in [7, 11) is 0. The van der Waals surface area contributed by atoms with Gasteiger partial charge in [-0.15, -0.1) is 23.4 Å². The van der Waals surface area contributed by atoms with Gasteiger partial charge in [0.1, 0.15) is 0 Å². The highest BCUT2D eigenvalue weighted by Gasteiger charge is 2.30. The van der Waals surface area contributed by atoms with E-state index in [4.69, 9.17) is 11.6 Å². The second-order valence-electron chi connectivity index (χ2n) is 4.61. The largest absolute Gasteiger partial charge is 0.416 e. The Bertz CT molecular complexity index is 593. The predicted octanol–water partition coefficient (Wildman–Crippen LogP) is 5.95. The summed E-state index contributed by atoms with van der Waals surface area (Å²) < 4.78 is 37.6. The number of benzene rings is 2. The molecule has 0 saturated carbocycles. The van der Waals surface area contributed by atoms with E-state index in [1.54, 1.807) is 11.8 Å². The molecule has 0 aliphatic rings. The first-order chi connectivity index (χ1) is 9.91. The van der Waals surface area contributed by atoms with Crippen molar-refractivity contribution >= 4 is 23.4 Å². The lowest BCUT2D eigenvalue weighted by molar-refractivity contribution is -0.137. The van der Waals surface area contributed by atoms with E-state index in [0.29, 0.717) is 6.42 Å². The third-order valence-electron chi connectivity index (χ3n) is 3.17. The van der Waals surface area contributed by atoms with E-state index in [1.165, 1.54) is 12.1 Å². The van der Waals surface area contributed by atoms with E-state index < -0.39 is 11.7 Å². The summed E-state index contributed by atoms with van der Waals surface area (Å²) >= 11 is 8.03. The van der Waals surface area contributed by atoms with Crippen LogP contribution < -0.4 is 0 Å². The van der Waals surface area contributed by atoms with E-state index in [0.717, 1.165) is 28.2 Å². The molecule has 0 fully saturated rings. The van der Waals surface area contributed by atoms with Gasteiger partial charge in [0.2, 0.25) is 0 Å². The average molecular weight is 331 g/mol. The molecular weight excluding hydrogens is 317 g/mol. The van der Waals surface area contributed by atoms with Gasteiger partial charge in [-0.3, -0.25) is 0 Å². The van der Waals surface area contributed by atoms with E-state index in [1.807, 2.05) is 30.5 Å². The third kappa shape index (κ3) is 4.17. The smallest absolute Gasteiger partial charge is 0.166 e. The van der Waals surface area contributed by atoms with Crippen LogP contribution in [0.1, 0.15) is 22.1 Å². The van der Waals surface area contributed by atoms with Crippen LogP contribution in [-0.2, 0) is 12.6 Å². The number of alkyl halides is 4. The molecule has 0 aliphatic heterocycles. The van der Waals surface area contributed by atoms with Crippen molar-refractivity contribution in [3.05, 3.63) is 65.2 Å². The summed E-state index contributed by atoms with van der Waals surface area (Å²) in [6, 6.07) is 13.0. The molecule has 0 N–H and O–H groups in total. The molecule has 0 aromatic heterocycles. The fraction of sp³-hybridized carbons (Fsp3) is 0.250. The quantitative estimate of drug-likeness (QED) is 0.493. The molecule has 2 aromatic carbocycles. The summed E-state index contributed by atoms with van der Waals surface area (Å²) in [5, 5.41) is -0.259. The zero-order valence-corrected chi connectivity index (χ0v) is 12.9. The lowest BCUT2D eigenvalue weighted by Crippen LogP contribution is -2.05.